The van der Waals surface area contributed by atoms with Gasteiger partial charge in [-0.2, -0.15) is 0 Å². The van der Waals surface area contributed by atoms with E-state index in [0.29, 0.717) is 12.0 Å². The molecule has 2 amide bonds. The Hall–Kier alpha value is -3.47. The predicted molar refractivity (Wildman–Crippen MR) is 134 cm³/mol. The van der Waals surface area contributed by atoms with Crippen LogP contribution in [0, 0.1) is 12.7 Å². The second-order valence-electron chi connectivity index (χ2n) is 8.80. The van der Waals surface area contributed by atoms with E-state index in [4.69, 9.17) is 0 Å². The van der Waals surface area contributed by atoms with Gasteiger partial charge in [0.25, 0.3) is 0 Å². The van der Waals surface area contributed by atoms with E-state index >= 15 is 0 Å². The van der Waals surface area contributed by atoms with Gasteiger partial charge in [-0.3, -0.25) is 9.59 Å². The van der Waals surface area contributed by atoms with Gasteiger partial charge in [-0.15, -0.1) is 0 Å². The maximum Gasteiger partial charge on any atom is 0.243 e. The van der Waals surface area contributed by atoms with Gasteiger partial charge in [-0.05, 0) is 43.0 Å². The Balaban J connectivity index is 1.98. The molecule has 0 aliphatic rings. The minimum Gasteiger partial charge on any atom is -0.352 e. The van der Waals surface area contributed by atoms with Crippen molar-refractivity contribution in [3.8, 4) is 0 Å². The van der Waals surface area contributed by atoms with Crippen molar-refractivity contribution in [1.29, 1.82) is 0 Å². The fraction of sp³-hybridized carbons (Fsp3) is 0.310. The third kappa shape index (κ3) is 7.01. The molecule has 3 rings (SSSR count). The Bertz CT molecular complexity index is 1100. The molecule has 2 atom stereocenters. The van der Waals surface area contributed by atoms with E-state index in [9.17, 15) is 14.0 Å². The molecule has 178 valence electrons. The standard InChI is InChI=1S/C29H33FN2O2/c1-4-22(3)31-29(34)27(18-23-12-6-5-7-13-23)32(20-24-14-10-11-21(2)17-24)28(33)19-25-15-8-9-16-26(25)30/h5-17,22,27H,4,18-20H2,1-3H3,(H,31,34)/t22-,27+/m1/s1. The predicted octanol–water partition coefficient (Wildman–Crippen LogP) is 5.23. The van der Waals surface area contributed by atoms with Crippen LogP contribution in [0.3, 0.4) is 0 Å². The zero-order valence-corrected chi connectivity index (χ0v) is 20.1. The molecule has 4 nitrogen and oxygen atoms in total. The molecule has 3 aromatic rings. The van der Waals surface area contributed by atoms with Gasteiger partial charge in [0.15, 0.2) is 0 Å². The number of carbonyl (C=O) groups excluding carboxylic acids is 2. The minimum absolute atomic E-state index is 0.0201. The number of hydrogen-bond donors (Lipinski definition) is 1. The summed E-state index contributed by atoms with van der Waals surface area (Å²) in [5.74, 6) is -0.908. The van der Waals surface area contributed by atoms with E-state index in [1.165, 1.54) is 6.07 Å². The lowest BCUT2D eigenvalue weighted by atomic mass is 10.0. The summed E-state index contributed by atoms with van der Waals surface area (Å²) in [7, 11) is 0. The summed E-state index contributed by atoms with van der Waals surface area (Å²) in [6.45, 7) is 6.21. The van der Waals surface area contributed by atoms with Crippen molar-refractivity contribution in [1.82, 2.24) is 10.2 Å². The van der Waals surface area contributed by atoms with Gasteiger partial charge in [0.2, 0.25) is 11.8 Å². The quantitative estimate of drug-likeness (QED) is 0.450. The van der Waals surface area contributed by atoms with Crippen molar-refractivity contribution in [2.75, 3.05) is 0 Å². The first-order valence-corrected chi connectivity index (χ1v) is 11.8. The maximum atomic E-state index is 14.4. The van der Waals surface area contributed by atoms with Crippen molar-refractivity contribution >= 4 is 11.8 Å². The van der Waals surface area contributed by atoms with Crippen LogP contribution in [-0.4, -0.2) is 28.8 Å². The SMILES string of the molecule is CC[C@@H](C)NC(=O)[C@H](Cc1ccccc1)N(Cc1cccc(C)c1)C(=O)Cc1ccccc1F. The lowest BCUT2D eigenvalue weighted by molar-refractivity contribution is -0.141. The van der Waals surface area contributed by atoms with E-state index in [2.05, 4.69) is 5.32 Å². The van der Waals surface area contributed by atoms with Gasteiger partial charge in [-0.1, -0.05) is 85.3 Å². The van der Waals surface area contributed by atoms with E-state index < -0.39 is 11.9 Å². The number of nitrogens with zero attached hydrogens (tertiary/aromatic N) is 1. The third-order valence-electron chi connectivity index (χ3n) is 6.01. The highest BCUT2D eigenvalue weighted by Crippen LogP contribution is 2.18. The molecule has 0 aliphatic carbocycles. The minimum atomic E-state index is -0.726. The molecule has 0 heterocycles. The summed E-state index contributed by atoms with van der Waals surface area (Å²) in [6.07, 6.45) is 1.04. The molecule has 34 heavy (non-hydrogen) atoms. The second-order valence-corrected chi connectivity index (χ2v) is 8.80. The fourth-order valence-corrected chi connectivity index (χ4v) is 3.91. The van der Waals surface area contributed by atoms with Crippen LogP contribution >= 0.6 is 0 Å². The zero-order chi connectivity index (χ0) is 24.5. The first-order chi connectivity index (χ1) is 16.4. The lowest BCUT2D eigenvalue weighted by Crippen LogP contribution is -2.52. The molecule has 0 unspecified atom stereocenters. The van der Waals surface area contributed by atoms with E-state index in [1.807, 2.05) is 75.4 Å². The number of rotatable bonds is 10. The monoisotopic (exact) mass is 460 g/mol. The average molecular weight is 461 g/mol. The van der Waals surface area contributed by atoms with Crippen LogP contribution in [0.15, 0.2) is 78.9 Å². The van der Waals surface area contributed by atoms with Gasteiger partial charge in [0.05, 0.1) is 6.42 Å². The summed E-state index contributed by atoms with van der Waals surface area (Å²) >= 11 is 0. The van der Waals surface area contributed by atoms with Gasteiger partial charge >= 0.3 is 0 Å². The van der Waals surface area contributed by atoms with Crippen LogP contribution in [0.2, 0.25) is 0 Å². The van der Waals surface area contributed by atoms with Crippen molar-refractivity contribution in [2.45, 2.75) is 58.7 Å². The Labute approximate surface area is 201 Å². The molecule has 0 radical (unpaired) electrons. The summed E-state index contributed by atoms with van der Waals surface area (Å²) in [4.78, 5) is 28.7. The molecular formula is C29H33FN2O2. The molecule has 0 aliphatic heterocycles. The average Bonchev–Trinajstić information content (AvgIpc) is 2.83. The Kier molecular flexibility index (Phi) is 8.97. The Morgan fingerprint density at radius 2 is 1.62 bits per heavy atom. The Morgan fingerprint density at radius 1 is 0.941 bits per heavy atom. The van der Waals surface area contributed by atoms with Crippen LogP contribution < -0.4 is 5.32 Å². The van der Waals surface area contributed by atoms with Gasteiger partial charge in [0.1, 0.15) is 11.9 Å². The number of benzene rings is 3. The van der Waals surface area contributed by atoms with Crippen molar-refractivity contribution < 1.29 is 14.0 Å². The number of carbonyl (C=O) groups is 2. The Morgan fingerprint density at radius 3 is 2.29 bits per heavy atom. The third-order valence-corrected chi connectivity index (χ3v) is 6.01. The highest BCUT2D eigenvalue weighted by atomic mass is 19.1. The highest BCUT2D eigenvalue weighted by molar-refractivity contribution is 5.89. The highest BCUT2D eigenvalue weighted by Gasteiger charge is 2.31. The maximum absolute atomic E-state index is 14.4. The summed E-state index contributed by atoms with van der Waals surface area (Å²) in [5, 5.41) is 3.05. The summed E-state index contributed by atoms with van der Waals surface area (Å²) < 4.78 is 14.4. The molecule has 3 aromatic carbocycles. The topological polar surface area (TPSA) is 49.4 Å². The number of hydrogen-bond acceptors (Lipinski definition) is 2. The molecule has 0 spiro atoms. The van der Waals surface area contributed by atoms with Gasteiger partial charge < -0.3 is 10.2 Å². The zero-order valence-electron chi connectivity index (χ0n) is 20.1. The van der Waals surface area contributed by atoms with Crippen molar-refractivity contribution in [3.05, 3.63) is 107 Å². The second kappa shape index (κ2) is 12.1. The van der Waals surface area contributed by atoms with Gasteiger partial charge in [0, 0.05) is 19.0 Å². The largest absolute Gasteiger partial charge is 0.352 e. The first kappa shape index (κ1) is 25.2. The molecule has 0 saturated carbocycles. The van der Waals surface area contributed by atoms with Crippen molar-refractivity contribution in [2.24, 2.45) is 0 Å². The summed E-state index contributed by atoms with van der Waals surface area (Å²) in [6, 6.07) is 23.1. The number of nitrogens with one attached hydrogen (secondary N) is 1. The van der Waals surface area contributed by atoms with Crippen LogP contribution in [0.25, 0.3) is 0 Å². The molecule has 0 saturated heterocycles. The molecule has 1 N–H and O–H groups in total. The van der Waals surface area contributed by atoms with Crippen molar-refractivity contribution in [3.63, 3.8) is 0 Å². The van der Waals surface area contributed by atoms with Crippen LogP contribution in [0.1, 0.15) is 42.5 Å². The molecule has 0 bridgehead atoms. The normalized spacial score (nSPS) is 12.6. The number of halogens is 1. The molecule has 0 fully saturated rings. The van der Waals surface area contributed by atoms with Crippen LogP contribution in [-0.2, 0) is 29.0 Å². The number of aryl methyl sites for hydroxylation is 1. The molecular weight excluding hydrogens is 427 g/mol. The number of amides is 2. The summed E-state index contributed by atoms with van der Waals surface area (Å²) in [5.41, 5.74) is 3.28. The van der Waals surface area contributed by atoms with E-state index in [-0.39, 0.29) is 30.8 Å². The smallest absolute Gasteiger partial charge is 0.243 e. The van der Waals surface area contributed by atoms with Crippen LogP contribution in [0.5, 0.6) is 0 Å². The van der Waals surface area contributed by atoms with E-state index in [0.717, 1.165) is 23.1 Å². The first-order valence-electron chi connectivity index (χ1n) is 11.8. The fourth-order valence-electron chi connectivity index (χ4n) is 3.91. The van der Waals surface area contributed by atoms with Gasteiger partial charge in [-0.25, -0.2) is 4.39 Å². The van der Waals surface area contributed by atoms with E-state index in [1.54, 1.807) is 23.1 Å². The molecule has 0 aromatic heterocycles. The molecule has 5 heteroatoms. The lowest BCUT2D eigenvalue weighted by Gasteiger charge is -2.32. The van der Waals surface area contributed by atoms with Crippen LogP contribution in [0.4, 0.5) is 4.39 Å².